The van der Waals surface area contributed by atoms with Gasteiger partial charge in [-0.2, -0.15) is 0 Å². The number of hydrogen-bond donors (Lipinski definition) is 0. The van der Waals surface area contributed by atoms with Gasteiger partial charge in [0.2, 0.25) is 0 Å². The first-order valence-electron chi connectivity index (χ1n) is 5.48. The van der Waals surface area contributed by atoms with Crippen molar-refractivity contribution >= 4 is 21.7 Å². The first-order valence-corrected chi connectivity index (χ1v) is 6.27. The minimum Gasteiger partial charge on any atom is -0.380 e. The summed E-state index contributed by atoms with van der Waals surface area (Å²) in [5.74, 6) is 1.78. The second kappa shape index (κ2) is 5.10. The molecule has 0 bridgehead atoms. The molecule has 16 heavy (non-hydrogen) atoms. The van der Waals surface area contributed by atoms with E-state index in [-0.39, 0.29) is 0 Å². The number of anilines is 1. The predicted octanol–water partition coefficient (Wildman–Crippen LogP) is 2.16. The van der Waals surface area contributed by atoms with E-state index in [1.807, 2.05) is 13.0 Å². The van der Waals surface area contributed by atoms with Gasteiger partial charge in [0.1, 0.15) is 16.2 Å². The molecule has 0 N–H and O–H groups in total. The lowest BCUT2D eigenvalue weighted by Gasteiger charge is -2.32. The third-order valence-corrected chi connectivity index (χ3v) is 3.23. The van der Waals surface area contributed by atoms with Gasteiger partial charge in [0.25, 0.3) is 0 Å². The number of methoxy groups -OCH3 is 1. The average molecular weight is 286 g/mol. The Bertz CT molecular complexity index is 352. The van der Waals surface area contributed by atoms with Crippen LogP contribution in [-0.2, 0) is 4.74 Å². The Morgan fingerprint density at radius 2 is 2.31 bits per heavy atom. The number of piperidine rings is 1. The Morgan fingerprint density at radius 3 is 3.00 bits per heavy atom. The van der Waals surface area contributed by atoms with Crippen LogP contribution in [0.25, 0.3) is 0 Å². The quantitative estimate of drug-likeness (QED) is 0.781. The molecular weight excluding hydrogens is 270 g/mol. The highest BCUT2D eigenvalue weighted by Crippen LogP contribution is 2.21. The fraction of sp³-hybridized carbons (Fsp3) is 0.636. The Hall–Kier alpha value is -0.680. The molecule has 4 nitrogen and oxygen atoms in total. The van der Waals surface area contributed by atoms with Gasteiger partial charge in [0, 0.05) is 26.3 Å². The van der Waals surface area contributed by atoms with Gasteiger partial charge in [0.15, 0.2) is 0 Å². The van der Waals surface area contributed by atoms with Gasteiger partial charge in [-0.15, -0.1) is 0 Å². The Labute approximate surface area is 104 Å². The Kier molecular flexibility index (Phi) is 3.76. The third-order valence-electron chi connectivity index (χ3n) is 2.83. The summed E-state index contributed by atoms with van der Waals surface area (Å²) in [6.45, 7) is 3.87. The van der Waals surface area contributed by atoms with E-state index in [0.29, 0.717) is 6.10 Å². The number of hydrogen-bond acceptors (Lipinski definition) is 4. The summed E-state index contributed by atoms with van der Waals surface area (Å²) in [7, 11) is 1.77. The summed E-state index contributed by atoms with van der Waals surface area (Å²) in [5, 5.41) is 0. The van der Waals surface area contributed by atoms with E-state index in [4.69, 9.17) is 4.74 Å². The van der Waals surface area contributed by atoms with Crippen LogP contribution in [0.15, 0.2) is 10.7 Å². The lowest BCUT2D eigenvalue weighted by atomic mass is 10.1. The van der Waals surface area contributed by atoms with E-state index in [0.717, 1.165) is 42.2 Å². The molecule has 2 heterocycles. The summed E-state index contributed by atoms with van der Waals surface area (Å²) < 4.78 is 6.25. The van der Waals surface area contributed by atoms with Crippen molar-refractivity contribution in [3.8, 4) is 0 Å². The van der Waals surface area contributed by atoms with Crippen LogP contribution in [-0.4, -0.2) is 36.3 Å². The van der Waals surface area contributed by atoms with Gasteiger partial charge in [-0.05, 0) is 35.7 Å². The Morgan fingerprint density at radius 1 is 1.50 bits per heavy atom. The van der Waals surface area contributed by atoms with Crippen LogP contribution in [0.2, 0.25) is 0 Å². The molecule has 1 aliphatic heterocycles. The van der Waals surface area contributed by atoms with E-state index in [1.54, 1.807) is 7.11 Å². The first kappa shape index (κ1) is 11.8. The molecule has 1 atom stereocenters. The van der Waals surface area contributed by atoms with E-state index < -0.39 is 0 Å². The summed E-state index contributed by atoms with van der Waals surface area (Å²) in [6, 6.07) is 1.96. The van der Waals surface area contributed by atoms with Crippen molar-refractivity contribution in [1.29, 1.82) is 0 Å². The molecule has 1 aromatic rings. The van der Waals surface area contributed by atoms with E-state index in [9.17, 15) is 0 Å². The second-order valence-electron chi connectivity index (χ2n) is 4.04. The molecule has 0 spiro atoms. The number of nitrogens with zero attached hydrogens (tertiary/aromatic N) is 3. The van der Waals surface area contributed by atoms with Gasteiger partial charge in [0.05, 0.1) is 6.10 Å². The molecular formula is C11H16BrN3O. The van der Waals surface area contributed by atoms with Crippen LogP contribution >= 0.6 is 15.9 Å². The van der Waals surface area contributed by atoms with Crippen molar-refractivity contribution in [3.05, 3.63) is 16.5 Å². The fourth-order valence-corrected chi connectivity index (χ4v) is 2.48. The minimum absolute atomic E-state index is 0.322. The molecule has 0 amide bonds. The largest absolute Gasteiger partial charge is 0.380 e. The molecule has 0 aromatic carbocycles. The smallest absolute Gasteiger partial charge is 0.133 e. The lowest BCUT2D eigenvalue weighted by molar-refractivity contribution is 0.0891. The zero-order valence-corrected chi connectivity index (χ0v) is 11.2. The first-order chi connectivity index (χ1) is 7.69. The number of ether oxygens (including phenoxy) is 1. The predicted molar refractivity (Wildman–Crippen MR) is 66.7 cm³/mol. The third kappa shape index (κ3) is 2.71. The van der Waals surface area contributed by atoms with Crippen molar-refractivity contribution in [1.82, 2.24) is 9.97 Å². The van der Waals surface area contributed by atoms with Crippen LogP contribution in [0, 0.1) is 6.92 Å². The molecule has 88 valence electrons. The van der Waals surface area contributed by atoms with Crippen LogP contribution in [0.4, 0.5) is 5.82 Å². The molecule has 1 fully saturated rings. The zero-order valence-electron chi connectivity index (χ0n) is 9.61. The summed E-state index contributed by atoms with van der Waals surface area (Å²) in [6.07, 6.45) is 2.61. The second-order valence-corrected chi connectivity index (χ2v) is 4.85. The number of aromatic nitrogens is 2. The summed E-state index contributed by atoms with van der Waals surface area (Å²) >= 11 is 3.40. The molecule has 1 aliphatic rings. The topological polar surface area (TPSA) is 38.2 Å². The van der Waals surface area contributed by atoms with Gasteiger partial charge >= 0.3 is 0 Å². The Balaban J connectivity index is 2.16. The van der Waals surface area contributed by atoms with Crippen molar-refractivity contribution in [2.24, 2.45) is 0 Å². The number of rotatable bonds is 2. The average Bonchev–Trinajstić information content (AvgIpc) is 2.28. The van der Waals surface area contributed by atoms with Gasteiger partial charge in [-0.25, -0.2) is 9.97 Å². The monoisotopic (exact) mass is 285 g/mol. The highest BCUT2D eigenvalue weighted by molar-refractivity contribution is 9.10. The van der Waals surface area contributed by atoms with Crippen molar-refractivity contribution in [3.63, 3.8) is 0 Å². The van der Waals surface area contributed by atoms with Crippen molar-refractivity contribution in [2.75, 3.05) is 25.1 Å². The highest BCUT2D eigenvalue weighted by atomic mass is 79.9. The van der Waals surface area contributed by atoms with Crippen LogP contribution in [0.3, 0.4) is 0 Å². The number of aryl methyl sites for hydroxylation is 1. The van der Waals surface area contributed by atoms with E-state index in [1.165, 1.54) is 0 Å². The standard InChI is InChI=1S/C11H16BrN3O/c1-8-13-10(12)6-11(14-8)15-5-3-4-9(7-15)16-2/h6,9H,3-5,7H2,1-2H3. The molecule has 1 saturated heterocycles. The van der Waals surface area contributed by atoms with Gasteiger partial charge < -0.3 is 9.64 Å². The summed E-state index contributed by atoms with van der Waals surface area (Å²) in [4.78, 5) is 10.9. The van der Waals surface area contributed by atoms with E-state index >= 15 is 0 Å². The van der Waals surface area contributed by atoms with Crippen LogP contribution in [0.5, 0.6) is 0 Å². The van der Waals surface area contributed by atoms with Crippen LogP contribution < -0.4 is 4.90 Å². The SMILES string of the molecule is COC1CCCN(c2cc(Br)nc(C)n2)C1. The molecule has 0 aliphatic carbocycles. The minimum atomic E-state index is 0.322. The molecule has 2 rings (SSSR count). The molecule has 1 unspecified atom stereocenters. The fourth-order valence-electron chi connectivity index (χ4n) is 2.02. The highest BCUT2D eigenvalue weighted by Gasteiger charge is 2.20. The maximum atomic E-state index is 5.41. The summed E-state index contributed by atoms with van der Waals surface area (Å²) in [5.41, 5.74) is 0. The van der Waals surface area contributed by atoms with Gasteiger partial charge in [-0.1, -0.05) is 0 Å². The molecule has 0 saturated carbocycles. The molecule has 0 radical (unpaired) electrons. The van der Waals surface area contributed by atoms with Crippen LogP contribution in [0.1, 0.15) is 18.7 Å². The maximum Gasteiger partial charge on any atom is 0.133 e. The normalized spacial score (nSPS) is 21.2. The van der Waals surface area contributed by atoms with Gasteiger partial charge in [-0.3, -0.25) is 0 Å². The zero-order chi connectivity index (χ0) is 11.5. The molecule has 1 aromatic heterocycles. The molecule has 5 heteroatoms. The van der Waals surface area contributed by atoms with Crippen molar-refractivity contribution < 1.29 is 4.74 Å². The van der Waals surface area contributed by atoms with E-state index in [2.05, 4.69) is 30.8 Å². The number of halogens is 1. The lowest BCUT2D eigenvalue weighted by Crippen LogP contribution is -2.39. The maximum absolute atomic E-state index is 5.41. The van der Waals surface area contributed by atoms with Crippen molar-refractivity contribution in [2.45, 2.75) is 25.9 Å².